The minimum Gasteiger partial charge on any atom is -0.394 e. The van der Waals surface area contributed by atoms with Crippen molar-refractivity contribution < 1.29 is 0 Å². The zero-order chi connectivity index (χ0) is 10.8. The van der Waals surface area contributed by atoms with Crippen LogP contribution in [0.5, 0.6) is 0 Å². The summed E-state index contributed by atoms with van der Waals surface area (Å²) in [4.78, 5) is 14.5. The van der Waals surface area contributed by atoms with Crippen LogP contribution in [0, 0.1) is 6.92 Å². The molecule has 2 aromatic heterocycles. The fourth-order valence-electron chi connectivity index (χ4n) is 1.59. The summed E-state index contributed by atoms with van der Waals surface area (Å²) >= 11 is 0. The highest BCUT2D eigenvalue weighted by Gasteiger charge is 2.04. The van der Waals surface area contributed by atoms with Crippen molar-refractivity contribution in [2.24, 2.45) is 0 Å². The van der Waals surface area contributed by atoms with E-state index in [0.717, 1.165) is 11.4 Å². The maximum Gasteiger partial charge on any atom is 0.272 e. The third kappa shape index (κ3) is 1.54. The van der Waals surface area contributed by atoms with E-state index in [1.54, 1.807) is 12.3 Å². The topological polar surface area (TPSA) is 49.3 Å². The van der Waals surface area contributed by atoms with E-state index in [4.69, 9.17) is 0 Å². The van der Waals surface area contributed by atoms with E-state index in [9.17, 15) is 4.79 Å². The van der Waals surface area contributed by atoms with E-state index in [1.165, 1.54) is 0 Å². The quantitative estimate of drug-likeness (QED) is 0.768. The first kappa shape index (κ1) is 9.58. The van der Waals surface area contributed by atoms with Gasteiger partial charge in [-0.2, -0.15) is 0 Å². The molecule has 0 aliphatic rings. The van der Waals surface area contributed by atoms with Crippen molar-refractivity contribution in [1.82, 2.24) is 14.7 Å². The maximum absolute atomic E-state index is 11.6. The number of hydrogen-bond donors (Lipinski definition) is 2. The van der Waals surface area contributed by atoms with Crippen LogP contribution in [-0.4, -0.2) is 16.4 Å². The van der Waals surface area contributed by atoms with Crippen molar-refractivity contribution in [3.63, 3.8) is 0 Å². The smallest absolute Gasteiger partial charge is 0.272 e. The van der Waals surface area contributed by atoms with Crippen LogP contribution in [0.3, 0.4) is 0 Å². The van der Waals surface area contributed by atoms with Gasteiger partial charge in [-0.15, -0.1) is 0 Å². The van der Waals surface area contributed by atoms with Crippen LogP contribution in [0.1, 0.15) is 11.4 Å². The van der Waals surface area contributed by atoms with E-state index >= 15 is 0 Å². The average molecular weight is 203 g/mol. The molecule has 0 saturated heterocycles. The van der Waals surface area contributed by atoms with E-state index < -0.39 is 0 Å². The zero-order valence-electron chi connectivity index (χ0n) is 8.74. The first-order chi connectivity index (χ1) is 7.24. The highest BCUT2D eigenvalue weighted by molar-refractivity contribution is 5.54. The third-order valence-corrected chi connectivity index (χ3v) is 2.40. The number of nitrogens with zero attached hydrogens (tertiary/aromatic N) is 1. The van der Waals surface area contributed by atoms with Crippen molar-refractivity contribution in [3.8, 4) is 0 Å². The van der Waals surface area contributed by atoms with E-state index in [2.05, 4.69) is 10.3 Å². The number of H-pyrrole nitrogens is 1. The predicted molar refractivity (Wildman–Crippen MR) is 60.8 cm³/mol. The number of aromatic nitrogens is 2. The molecule has 4 nitrogen and oxygen atoms in total. The average Bonchev–Trinajstić information content (AvgIpc) is 2.70. The number of rotatable bonds is 2. The molecule has 0 aliphatic heterocycles. The SMILES string of the molecule is CN/C=C\c1[nH]c(=O)c2cccn2c1C. The lowest BCUT2D eigenvalue weighted by molar-refractivity contribution is 1.01. The number of fused-ring (bicyclic) bond motifs is 1. The minimum absolute atomic E-state index is 0.0682. The lowest BCUT2D eigenvalue weighted by Gasteiger charge is -2.04. The second-order valence-corrected chi connectivity index (χ2v) is 3.34. The monoisotopic (exact) mass is 203 g/mol. The predicted octanol–water partition coefficient (Wildman–Crippen LogP) is 1.13. The Kier molecular flexibility index (Phi) is 2.33. The normalized spacial score (nSPS) is 11.3. The minimum atomic E-state index is -0.0682. The van der Waals surface area contributed by atoms with Crippen LogP contribution < -0.4 is 10.9 Å². The largest absolute Gasteiger partial charge is 0.394 e. The molecule has 2 aromatic rings. The van der Waals surface area contributed by atoms with Gasteiger partial charge in [0, 0.05) is 18.9 Å². The summed E-state index contributed by atoms with van der Waals surface area (Å²) in [6, 6.07) is 3.67. The highest BCUT2D eigenvalue weighted by atomic mass is 16.1. The molecule has 0 amide bonds. The van der Waals surface area contributed by atoms with Crippen molar-refractivity contribution in [2.75, 3.05) is 7.05 Å². The summed E-state index contributed by atoms with van der Waals surface area (Å²) in [6.45, 7) is 1.97. The van der Waals surface area contributed by atoms with Gasteiger partial charge in [0.1, 0.15) is 5.52 Å². The molecule has 0 fully saturated rings. The van der Waals surface area contributed by atoms with Crippen LogP contribution in [0.15, 0.2) is 29.3 Å². The molecule has 2 heterocycles. The Morgan fingerprint density at radius 2 is 2.33 bits per heavy atom. The number of hydrogen-bond acceptors (Lipinski definition) is 2. The van der Waals surface area contributed by atoms with Gasteiger partial charge < -0.3 is 14.7 Å². The van der Waals surface area contributed by atoms with Crippen LogP contribution in [0.2, 0.25) is 0 Å². The van der Waals surface area contributed by atoms with Gasteiger partial charge >= 0.3 is 0 Å². The van der Waals surface area contributed by atoms with Crippen LogP contribution >= 0.6 is 0 Å². The van der Waals surface area contributed by atoms with E-state index in [-0.39, 0.29) is 5.56 Å². The summed E-state index contributed by atoms with van der Waals surface area (Å²) in [5.74, 6) is 0. The Balaban J connectivity index is 2.71. The zero-order valence-corrected chi connectivity index (χ0v) is 8.74. The lowest BCUT2D eigenvalue weighted by atomic mass is 10.3. The van der Waals surface area contributed by atoms with Crippen molar-refractivity contribution in [1.29, 1.82) is 0 Å². The van der Waals surface area contributed by atoms with Gasteiger partial charge in [-0.3, -0.25) is 4.79 Å². The standard InChI is InChI=1S/C11H13N3O/c1-8-9(5-6-12-2)13-11(15)10-4-3-7-14(8)10/h3-7,12H,1-2H3,(H,13,15)/b6-5-. The Hall–Kier alpha value is -1.97. The van der Waals surface area contributed by atoms with Gasteiger partial charge in [-0.1, -0.05) is 0 Å². The van der Waals surface area contributed by atoms with E-state index in [0.29, 0.717) is 5.52 Å². The van der Waals surface area contributed by atoms with Crippen molar-refractivity contribution in [3.05, 3.63) is 46.3 Å². The van der Waals surface area contributed by atoms with Crippen molar-refractivity contribution >= 4 is 11.6 Å². The molecule has 2 rings (SSSR count). The molecule has 78 valence electrons. The fourth-order valence-corrected chi connectivity index (χ4v) is 1.59. The van der Waals surface area contributed by atoms with Gasteiger partial charge in [-0.05, 0) is 31.3 Å². The summed E-state index contributed by atoms with van der Waals surface area (Å²) in [5, 5.41) is 2.89. The first-order valence-corrected chi connectivity index (χ1v) is 4.78. The Morgan fingerprint density at radius 3 is 3.07 bits per heavy atom. The molecule has 0 radical (unpaired) electrons. The molecule has 0 saturated carbocycles. The molecule has 4 heteroatoms. The maximum atomic E-state index is 11.6. The Bertz CT molecular complexity index is 563. The molecule has 0 spiro atoms. The van der Waals surface area contributed by atoms with Gasteiger partial charge in [0.15, 0.2) is 0 Å². The highest BCUT2D eigenvalue weighted by Crippen LogP contribution is 2.08. The van der Waals surface area contributed by atoms with Crippen LogP contribution in [0.4, 0.5) is 0 Å². The van der Waals surface area contributed by atoms with Gasteiger partial charge in [-0.25, -0.2) is 0 Å². The van der Waals surface area contributed by atoms with Gasteiger partial charge in [0.25, 0.3) is 5.56 Å². The second kappa shape index (κ2) is 3.65. The molecule has 0 atom stereocenters. The van der Waals surface area contributed by atoms with Crippen molar-refractivity contribution in [2.45, 2.75) is 6.92 Å². The number of aromatic amines is 1. The molecular weight excluding hydrogens is 190 g/mol. The summed E-state index contributed by atoms with van der Waals surface area (Å²) < 4.78 is 1.88. The molecule has 2 N–H and O–H groups in total. The summed E-state index contributed by atoms with van der Waals surface area (Å²) in [7, 11) is 1.82. The second-order valence-electron chi connectivity index (χ2n) is 3.34. The third-order valence-electron chi connectivity index (χ3n) is 2.40. The molecule has 15 heavy (non-hydrogen) atoms. The summed E-state index contributed by atoms with van der Waals surface area (Å²) in [6.07, 6.45) is 5.51. The lowest BCUT2D eigenvalue weighted by Crippen LogP contribution is -2.13. The molecule has 0 unspecified atom stereocenters. The van der Waals surface area contributed by atoms with E-state index in [1.807, 2.05) is 36.7 Å². The van der Waals surface area contributed by atoms with Crippen LogP contribution in [-0.2, 0) is 0 Å². The molecule has 0 aromatic carbocycles. The fraction of sp³-hybridized carbons (Fsp3) is 0.182. The van der Waals surface area contributed by atoms with Crippen LogP contribution in [0.25, 0.3) is 11.6 Å². The number of nitrogens with one attached hydrogen (secondary N) is 2. The molecule has 0 aliphatic carbocycles. The summed E-state index contributed by atoms with van der Waals surface area (Å²) in [5.41, 5.74) is 2.44. The first-order valence-electron chi connectivity index (χ1n) is 4.78. The van der Waals surface area contributed by atoms with Gasteiger partial charge in [0.05, 0.1) is 5.69 Å². The Morgan fingerprint density at radius 1 is 1.53 bits per heavy atom. The Labute approximate surface area is 87.3 Å². The van der Waals surface area contributed by atoms with Gasteiger partial charge in [0.2, 0.25) is 0 Å². The number of aryl methyl sites for hydroxylation is 1. The molecular formula is C11H13N3O. The molecule has 0 bridgehead atoms.